The van der Waals surface area contributed by atoms with Crippen LogP contribution in [0.5, 0.6) is 5.75 Å². The maximum absolute atomic E-state index is 12.9. The van der Waals surface area contributed by atoms with E-state index in [9.17, 15) is 4.79 Å². The summed E-state index contributed by atoms with van der Waals surface area (Å²) in [6, 6.07) is 7.70. The first-order valence-corrected chi connectivity index (χ1v) is 7.96. The summed E-state index contributed by atoms with van der Waals surface area (Å²) < 4.78 is 5.39. The first kappa shape index (κ1) is 18.0. The predicted molar refractivity (Wildman–Crippen MR) is 94.4 cm³/mol. The van der Waals surface area contributed by atoms with Crippen molar-refractivity contribution in [1.29, 1.82) is 0 Å². The minimum atomic E-state index is -0.0155. The molecule has 23 heavy (non-hydrogen) atoms. The van der Waals surface area contributed by atoms with Crippen LogP contribution in [-0.4, -0.2) is 50.1 Å². The van der Waals surface area contributed by atoms with Gasteiger partial charge < -0.3 is 15.4 Å². The number of para-hydroxylation sites is 2. The van der Waals surface area contributed by atoms with Crippen LogP contribution in [0.1, 0.15) is 19.8 Å². The summed E-state index contributed by atoms with van der Waals surface area (Å²) in [6.45, 7) is 5.52. The predicted octanol–water partition coefficient (Wildman–Crippen LogP) is 1.89. The van der Waals surface area contributed by atoms with Gasteiger partial charge in [-0.15, -0.1) is 12.4 Å². The smallest absolute Gasteiger partial charge is 0.244 e. The Labute approximate surface area is 144 Å². The molecule has 0 spiro atoms. The van der Waals surface area contributed by atoms with Gasteiger partial charge in [0.2, 0.25) is 5.91 Å². The average molecular weight is 340 g/mol. The molecule has 2 fully saturated rings. The number of amides is 1. The maximum atomic E-state index is 12.9. The number of rotatable bonds is 4. The summed E-state index contributed by atoms with van der Waals surface area (Å²) in [5.41, 5.74) is 6.91. The molecule has 5 nitrogen and oxygen atoms in total. The first-order chi connectivity index (χ1) is 10.6. The van der Waals surface area contributed by atoms with Gasteiger partial charge in [0.25, 0.3) is 0 Å². The Balaban J connectivity index is 0.00000192. The number of carbonyl (C=O) groups is 1. The van der Waals surface area contributed by atoms with Crippen molar-refractivity contribution in [3.63, 3.8) is 0 Å². The molecule has 2 heterocycles. The fraction of sp³-hybridized carbons (Fsp3) is 0.588. The van der Waals surface area contributed by atoms with Gasteiger partial charge in [-0.1, -0.05) is 19.1 Å². The van der Waals surface area contributed by atoms with Gasteiger partial charge in [0.05, 0.1) is 18.8 Å². The number of hydrogen-bond donors (Lipinski definition) is 1. The molecule has 0 radical (unpaired) electrons. The molecule has 0 saturated carbocycles. The van der Waals surface area contributed by atoms with Crippen LogP contribution in [0.25, 0.3) is 0 Å². The second-order valence-corrected chi connectivity index (χ2v) is 6.70. The van der Waals surface area contributed by atoms with E-state index < -0.39 is 0 Å². The highest BCUT2D eigenvalue weighted by atomic mass is 35.5. The highest BCUT2D eigenvalue weighted by Crippen LogP contribution is 2.36. The molecular formula is C17H26ClN3O2. The minimum Gasteiger partial charge on any atom is -0.495 e. The third-order valence-corrected chi connectivity index (χ3v) is 5.07. The van der Waals surface area contributed by atoms with Crippen molar-refractivity contribution in [3.05, 3.63) is 24.3 Å². The number of carbonyl (C=O) groups excluding carboxylic acids is 1. The molecule has 128 valence electrons. The van der Waals surface area contributed by atoms with E-state index in [2.05, 4.69) is 11.8 Å². The molecule has 2 aliphatic heterocycles. The summed E-state index contributed by atoms with van der Waals surface area (Å²) in [5.74, 6) is 0.940. The monoisotopic (exact) mass is 339 g/mol. The molecule has 1 aromatic rings. The Hall–Kier alpha value is -1.30. The van der Waals surface area contributed by atoms with Crippen molar-refractivity contribution in [3.8, 4) is 5.75 Å². The van der Waals surface area contributed by atoms with Crippen LogP contribution in [-0.2, 0) is 4.79 Å². The Bertz CT molecular complexity index is 569. The van der Waals surface area contributed by atoms with E-state index in [0.717, 1.165) is 43.9 Å². The van der Waals surface area contributed by atoms with E-state index in [1.54, 1.807) is 7.11 Å². The molecule has 0 aromatic heterocycles. The van der Waals surface area contributed by atoms with Crippen molar-refractivity contribution in [2.45, 2.75) is 25.8 Å². The van der Waals surface area contributed by atoms with E-state index in [0.29, 0.717) is 6.54 Å². The summed E-state index contributed by atoms with van der Waals surface area (Å²) in [4.78, 5) is 17.0. The van der Waals surface area contributed by atoms with E-state index in [1.807, 2.05) is 29.2 Å². The molecule has 0 aliphatic carbocycles. The van der Waals surface area contributed by atoms with Crippen LogP contribution in [0.4, 0.5) is 5.69 Å². The van der Waals surface area contributed by atoms with Gasteiger partial charge in [0, 0.05) is 13.1 Å². The number of benzene rings is 1. The maximum Gasteiger partial charge on any atom is 0.244 e. The fourth-order valence-corrected chi connectivity index (χ4v) is 3.59. The van der Waals surface area contributed by atoms with E-state index >= 15 is 0 Å². The lowest BCUT2D eigenvalue weighted by molar-refractivity contribution is -0.121. The third kappa shape index (κ3) is 3.32. The Morgan fingerprint density at radius 2 is 2.09 bits per heavy atom. The third-order valence-electron chi connectivity index (χ3n) is 5.07. The van der Waals surface area contributed by atoms with Crippen LogP contribution < -0.4 is 15.4 Å². The first-order valence-electron chi connectivity index (χ1n) is 7.96. The molecule has 3 rings (SSSR count). The zero-order valence-corrected chi connectivity index (χ0v) is 14.6. The van der Waals surface area contributed by atoms with Gasteiger partial charge in [0.15, 0.2) is 0 Å². The zero-order chi connectivity index (χ0) is 15.7. The highest BCUT2D eigenvalue weighted by Gasteiger charge is 2.43. The summed E-state index contributed by atoms with van der Waals surface area (Å²) in [7, 11) is 1.64. The normalized spacial score (nSPS) is 28.0. The number of likely N-dealkylation sites (tertiary alicyclic amines) is 1. The largest absolute Gasteiger partial charge is 0.495 e. The molecule has 2 saturated heterocycles. The van der Waals surface area contributed by atoms with Crippen molar-refractivity contribution in [2.24, 2.45) is 11.1 Å². The molecule has 1 amide bonds. The molecule has 0 bridgehead atoms. The number of nitrogens with zero attached hydrogens (tertiary/aromatic N) is 2. The molecule has 2 aliphatic rings. The number of ether oxygens (including phenoxy) is 1. The van der Waals surface area contributed by atoms with Gasteiger partial charge in [-0.05, 0) is 43.5 Å². The highest BCUT2D eigenvalue weighted by molar-refractivity contribution is 6.00. The molecular weight excluding hydrogens is 314 g/mol. The van der Waals surface area contributed by atoms with Gasteiger partial charge >= 0.3 is 0 Å². The van der Waals surface area contributed by atoms with E-state index in [4.69, 9.17) is 10.5 Å². The van der Waals surface area contributed by atoms with Crippen LogP contribution in [0.3, 0.4) is 0 Å². The van der Waals surface area contributed by atoms with Gasteiger partial charge in [0.1, 0.15) is 5.75 Å². The second-order valence-electron chi connectivity index (χ2n) is 6.70. The minimum absolute atomic E-state index is 0. The van der Waals surface area contributed by atoms with Crippen LogP contribution in [0.2, 0.25) is 0 Å². The number of methoxy groups -OCH3 is 1. The zero-order valence-electron chi connectivity index (χ0n) is 13.8. The lowest BCUT2D eigenvalue weighted by Gasteiger charge is -2.26. The van der Waals surface area contributed by atoms with E-state index in [1.165, 1.54) is 0 Å². The van der Waals surface area contributed by atoms with Crippen LogP contribution in [0, 0.1) is 5.41 Å². The van der Waals surface area contributed by atoms with Crippen LogP contribution in [0.15, 0.2) is 24.3 Å². The SMILES string of the molecule is COc1ccccc1N1CCC(N2CCC(C)(CN)C2)C1=O.Cl. The van der Waals surface area contributed by atoms with Crippen molar-refractivity contribution in [2.75, 3.05) is 38.2 Å². The topological polar surface area (TPSA) is 58.8 Å². The van der Waals surface area contributed by atoms with Gasteiger partial charge in [-0.3, -0.25) is 9.69 Å². The Kier molecular flexibility index (Phi) is 5.55. The molecule has 2 N–H and O–H groups in total. The number of halogens is 1. The standard InChI is InChI=1S/C17H25N3O2.ClH/c1-17(11-18)8-10-19(12-17)14-7-9-20(16(14)21)13-5-3-4-6-15(13)22-2;/h3-6,14H,7-12,18H2,1-2H3;1H. The Morgan fingerprint density at radius 3 is 2.74 bits per heavy atom. The fourth-order valence-electron chi connectivity index (χ4n) is 3.59. The molecule has 1 aromatic carbocycles. The lowest BCUT2D eigenvalue weighted by Crippen LogP contribution is -2.42. The lowest BCUT2D eigenvalue weighted by atomic mass is 9.90. The average Bonchev–Trinajstić information content (AvgIpc) is 3.11. The van der Waals surface area contributed by atoms with Gasteiger partial charge in [-0.25, -0.2) is 0 Å². The van der Waals surface area contributed by atoms with Crippen molar-refractivity contribution < 1.29 is 9.53 Å². The number of nitrogens with two attached hydrogens (primary N) is 1. The summed E-state index contributed by atoms with van der Waals surface area (Å²) in [5, 5.41) is 0. The van der Waals surface area contributed by atoms with Crippen molar-refractivity contribution >= 4 is 24.0 Å². The van der Waals surface area contributed by atoms with Crippen LogP contribution >= 0.6 is 12.4 Å². The van der Waals surface area contributed by atoms with Crippen molar-refractivity contribution in [1.82, 2.24) is 4.90 Å². The molecule has 2 unspecified atom stereocenters. The second kappa shape index (κ2) is 7.07. The number of anilines is 1. The summed E-state index contributed by atoms with van der Waals surface area (Å²) >= 11 is 0. The summed E-state index contributed by atoms with van der Waals surface area (Å²) in [6.07, 6.45) is 1.94. The molecule has 2 atom stereocenters. The quantitative estimate of drug-likeness (QED) is 0.910. The molecule has 6 heteroatoms. The van der Waals surface area contributed by atoms with E-state index in [-0.39, 0.29) is 29.8 Å². The number of hydrogen-bond acceptors (Lipinski definition) is 4. The Morgan fingerprint density at radius 1 is 1.35 bits per heavy atom. The van der Waals surface area contributed by atoms with Gasteiger partial charge in [-0.2, -0.15) is 0 Å².